The van der Waals surface area contributed by atoms with Gasteiger partial charge in [0.25, 0.3) is 0 Å². The highest BCUT2D eigenvalue weighted by Gasteiger charge is 2.01. The Bertz CT molecular complexity index is 306. The quantitative estimate of drug-likeness (QED) is 0.686. The minimum Gasteiger partial charge on any atom is -0.378 e. The fraction of sp³-hybridized carbons (Fsp3) is 0.273. The van der Waals surface area contributed by atoms with Crippen molar-refractivity contribution in [2.75, 3.05) is 19.0 Å². The summed E-state index contributed by atoms with van der Waals surface area (Å²) in [5.41, 5.74) is 7.80. The Kier molecular flexibility index (Phi) is 2.94. The Balaban J connectivity index is 2.89. The van der Waals surface area contributed by atoms with Crippen molar-refractivity contribution in [1.29, 1.82) is 0 Å². The van der Waals surface area contributed by atoms with Crippen molar-refractivity contribution in [1.82, 2.24) is 0 Å². The van der Waals surface area contributed by atoms with Crippen molar-refractivity contribution in [3.63, 3.8) is 0 Å². The van der Waals surface area contributed by atoms with Gasteiger partial charge < -0.3 is 10.6 Å². The second kappa shape index (κ2) is 3.97. The monoisotopic (exact) mass is 174 g/mol. The number of hydrogen-bond donors (Lipinski definition) is 1. The summed E-state index contributed by atoms with van der Waals surface area (Å²) in [5, 5.41) is 0. The van der Waals surface area contributed by atoms with Gasteiger partial charge in [-0.3, -0.25) is 0 Å². The average Bonchev–Trinajstić information content (AvgIpc) is 2.17. The molecule has 0 saturated heterocycles. The third-order valence-electron chi connectivity index (χ3n) is 1.95. The molecule has 0 aromatic heterocycles. The number of hydrogen-bond acceptors (Lipinski definition) is 2. The molecule has 0 aliphatic rings. The number of terminal acetylenes is 1. The normalized spacial score (nSPS) is 11.8. The minimum atomic E-state index is -0.295. The Morgan fingerprint density at radius 3 is 2.23 bits per heavy atom. The third kappa shape index (κ3) is 2.24. The van der Waals surface area contributed by atoms with Crippen LogP contribution in [-0.4, -0.2) is 14.1 Å². The van der Waals surface area contributed by atoms with Gasteiger partial charge in [0, 0.05) is 19.8 Å². The topological polar surface area (TPSA) is 29.3 Å². The maximum absolute atomic E-state index is 5.67. The fourth-order valence-corrected chi connectivity index (χ4v) is 1.08. The molecule has 13 heavy (non-hydrogen) atoms. The van der Waals surface area contributed by atoms with Crippen LogP contribution in [0.15, 0.2) is 24.3 Å². The van der Waals surface area contributed by atoms with Crippen molar-refractivity contribution >= 4 is 5.69 Å². The molecule has 1 rings (SSSR count). The van der Waals surface area contributed by atoms with Crippen molar-refractivity contribution in [2.45, 2.75) is 6.04 Å². The molecule has 0 bridgehead atoms. The van der Waals surface area contributed by atoms with Crippen molar-refractivity contribution in [3.8, 4) is 12.3 Å². The maximum atomic E-state index is 5.67. The molecule has 2 N–H and O–H groups in total. The lowest BCUT2D eigenvalue weighted by atomic mass is 10.1. The van der Waals surface area contributed by atoms with Gasteiger partial charge in [-0.25, -0.2) is 0 Å². The fourth-order valence-electron chi connectivity index (χ4n) is 1.08. The number of benzene rings is 1. The number of nitrogens with two attached hydrogens (primary N) is 1. The molecule has 0 unspecified atom stereocenters. The SMILES string of the molecule is C#C[C@H](N)c1ccc(N(C)C)cc1. The molecule has 1 atom stereocenters. The first-order valence-corrected chi connectivity index (χ1v) is 4.14. The lowest BCUT2D eigenvalue weighted by Crippen LogP contribution is -2.10. The lowest BCUT2D eigenvalue weighted by molar-refractivity contribution is 0.945. The molecule has 0 aliphatic carbocycles. The van der Waals surface area contributed by atoms with Gasteiger partial charge in [0.05, 0.1) is 6.04 Å². The van der Waals surface area contributed by atoms with E-state index in [1.165, 1.54) is 0 Å². The largest absolute Gasteiger partial charge is 0.378 e. The van der Waals surface area contributed by atoms with E-state index >= 15 is 0 Å². The van der Waals surface area contributed by atoms with Crippen LogP contribution in [0.4, 0.5) is 5.69 Å². The van der Waals surface area contributed by atoms with E-state index in [9.17, 15) is 0 Å². The van der Waals surface area contributed by atoms with Crippen LogP contribution >= 0.6 is 0 Å². The summed E-state index contributed by atoms with van der Waals surface area (Å²) in [5.74, 6) is 2.49. The van der Waals surface area contributed by atoms with Gasteiger partial charge in [-0.1, -0.05) is 18.1 Å². The zero-order chi connectivity index (χ0) is 9.84. The van der Waals surface area contributed by atoms with Gasteiger partial charge in [-0.05, 0) is 17.7 Å². The van der Waals surface area contributed by atoms with E-state index in [2.05, 4.69) is 5.92 Å². The van der Waals surface area contributed by atoms with Crippen LogP contribution in [0.2, 0.25) is 0 Å². The Morgan fingerprint density at radius 1 is 1.31 bits per heavy atom. The Morgan fingerprint density at radius 2 is 1.85 bits per heavy atom. The molecule has 0 aliphatic heterocycles. The van der Waals surface area contributed by atoms with Crippen molar-refractivity contribution < 1.29 is 0 Å². The second-order valence-corrected chi connectivity index (χ2v) is 3.13. The first-order chi connectivity index (χ1) is 6.15. The highest BCUT2D eigenvalue weighted by Crippen LogP contribution is 2.15. The molecule has 2 nitrogen and oxygen atoms in total. The lowest BCUT2D eigenvalue weighted by Gasteiger charge is -2.13. The first-order valence-electron chi connectivity index (χ1n) is 4.14. The maximum Gasteiger partial charge on any atom is 0.0918 e. The zero-order valence-electron chi connectivity index (χ0n) is 7.99. The molecular weight excluding hydrogens is 160 g/mol. The van der Waals surface area contributed by atoms with E-state index in [1.54, 1.807) is 0 Å². The molecule has 0 amide bonds. The summed E-state index contributed by atoms with van der Waals surface area (Å²) in [6.07, 6.45) is 5.22. The predicted molar refractivity (Wildman–Crippen MR) is 56.5 cm³/mol. The van der Waals surface area contributed by atoms with E-state index in [0.717, 1.165) is 11.3 Å². The van der Waals surface area contributed by atoms with Crippen molar-refractivity contribution in [2.24, 2.45) is 5.73 Å². The summed E-state index contributed by atoms with van der Waals surface area (Å²) in [6.45, 7) is 0. The first kappa shape index (κ1) is 9.63. The molecule has 1 aromatic rings. The van der Waals surface area contributed by atoms with Crippen LogP contribution in [0, 0.1) is 12.3 Å². The Labute approximate surface area is 79.4 Å². The summed E-state index contributed by atoms with van der Waals surface area (Å²) in [4.78, 5) is 2.03. The molecule has 0 spiro atoms. The van der Waals surface area contributed by atoms with Crippen LogP contribution in [-0.2, 0) is 0 Å². The summed E-state index contributed by atoms with van der Waals surface area (Å²) in [6, 6.07) is 7.63. The number of anilines is 1. The van der Waals surface area contributed by atoms with Crippen LogP contribution < -0.4 is 10.6 Å². The van der Waals surface area contributed by atoms with E-state index in [4.69, 9.17) is 12.2 Å². The second-order valence-electron chi connectivity index (χ2n) is 3.13. The molecule has 68 valence electrons. The zero-order valence-corrected chi connectivity index (χ0v) is 7.99. The summed E-state index contributed by atoms with van der Waals surface area (Å²) in [7, 11) is 3.99. The van der Waals surface area contributed by atoms with Gasteiger partial charge in [0.1, 0.15) is 0 Å². The number of nitrogens with zero attached hydrogens (tertiary/aromatic N) is 1. The third-order valence-corrected chi connectivity index (χ3v) is 1.95. The standard InChI is InChI=1S/C11H14N2/c1-4-11(12)9-5-7-10(8-6-9)13(2)3/h1,5-8,11H,12H2,2-3H3/t11-/m0/s1. The predicted octanol–water partition coefficient (Wildman–Crippen LogP) is 1.39. The van der Waals surface area contributed by atoms with Gasteiger partial charge in [-0.15, -0.1) is 6.42 Å². The number of rotatable bonds is 2. The van der Waals surface area contributed by atoms with E-state index < -0.39 is 0 Å². The molecular formula is C11H14N2. The molecule has 2 heteroatoms. The summed E-state index contributed by atoms with van der Waals surface area (Å²) < 4.78 is 0. The minimum absolute atomic E-state index is 0.295. The molecule has 0 radical (unpaired) electrons. The van der Waals surface area contributed by atoms with Gasteiger partial charge in [0.2, 0.25) is 0 Å². The van der Waals surface area contributed by atoms with Gasteiger partial charge >= 0.3 is 0 Å². The Hall–Kier alpha value is -1.46. The summed E-state index contributed by atoms with van der Waals surface area (Å²) >= 11 is 0. The van der Waals surface area contributed by atoms with Crippen molar-refractivity contribution in [3.05, 3.63) is 29.8 Å². The average molecular weight is 174 g/mol. The van der Waals surface area contributed by atoms with Crippen LogP contribution in [0.3, 0.4) is 0 Å². The molecule has 0 fully saturated rings. The highest BCUT2D eigenvalue weighted by molar-refractivity contribution is 5.47. The van der Waals surface area contributed by atoms with E-state index in [1.807, 2.05) is 43.3 Å². The smallest absolute Gasteiger partial charge is 0.0918 e. The molecule has 0 heterocycles. The van der Waals surface area contributed by atoms with Crippen LogP contribution in [0.25, 0.3) is 0 Å². The van der Waals surface area contributed by atoms with E-state index in [-0.39, 0.29) is 6.04 Å². The molecule has 1 aromatic carbocycles. The van der Waals surface area contributed by atoms with E-state index in [0.29, 0.717) is 0 Å². The highest BCUT2D eigenvalue weighted by atomic mass is 15.1. The van der Waals surface area contributed by atoms with Gasteiger partial charge in [-0.2, -0.15) is 0 Å². The molecule has 0 saturated carbocycles. The van der Waals surface area contributed by atoms with Crippen LogP contribution in [0.1, 0.15) is 11.6 Å². The van der Waals surface area contributed by atoms with Crippen LogP contribution in [0.5, 0.6) is 0 Å². The van der Waals surface area contributed by atoms with Gasteiger partial charge in [0.15, 0.2) is 0 Å².